The zero-order valence-corrected chi connectivity index (χ0v) is 29.7. The topological polar surface area (TPSA) is 107 Å². The molecule has 0 spiro atoms. The first-order valence-corrected chi connectivity index (χ1v) is 15.8. The molecule has 0 unspecified atom stereocenters. The van der Waals surface area contributed by atoms with E-state index in [1.54, 1.807) is 109 Å². The van der Waals surface area contributed by atoms with Crippen LogP contribution in [0.25, 0.3) is 11.4 Å². The van der Waals surface area contributed by atoms with Crippen LogP contribution < -0.4 is 0 Å². The first kappa shape index (κ1) is 40.1. The molecular formula is C46H32N2O4V. The Morgan fingerprint density at radius 1 is 0.358 bits per heavy atom. The number of hydrogen-bond acceptors (Lipinski definition) is 6. The fraction of sp³-hybridized carbons (Fsp3) is 0. The molecule has 4 aromatic carbocycles. The Hall–Kier alpha value is -7.32. The third-order valence-electron chi connectivity index (χ3n) is 6.34. The number of hydrogen-bond donors (Lipinski definition) is 4. The quantitative estimate of drug-likeness (QED) is 0.127. The summed E-state index contributed by atoms with van der Waals surface area (Å²) in [6.45, 7) is 0. The zero-order valence-electron chi connectivity index (χ0n) is 28.3. The Morgan fingerprint density at radius 3 is 0.868 bits per heavy atom. The number of aromatic nitrogens is 2. The fourth-order valence-corrected chi connectivity index (χ4v) is 4.03. The second-order valence-corrected chi connectivity index (χ2v) is 10.4. The molecule has 0 aliphatic heterocycles. The first-order chi connectivity index (χ1) is 25.4. The minimum absolute atomic E-state index is 0. The average molecular weight is 728 g/mol. The second kappa shape index (κ2) is 23.2. The predicted octanol–water partition coefficient (Wildman–Crippen LogP) is 8.26. The number of phenolic OH excluding ortho intramolecular Hbond substituents is 4. The van der Waals surface area contributed by atoms with Crippen molar-refractivity contribution in [2.24, 2.45) is 0 Å². The number of phenols is 4. The summed E-state index contributed by atoms with van der Waals surface area (Å²) in [4.78, 5) is 8.37. The summed E-state index contributed by atoms with van der Waals surface area (Å²) in [7, 11) is 0. The van der Waals surface area contributed by atoms with E-state index < -0.39 is 0 Å². The van der Waals surface area contributed by atoms with Gasteiger partial charge in [-0.05, 0) is 121 Å². The van der Waals surface area contributed by atoms with Gasteiger partial charge in [0.2, 0.25) is 0 Å². The van der Waals surface area contributed by atoms with Crippen LogP contribution in [0.5, 0.6) is 23.0 Å². The van der Waals surface area contributed by atoms with Crippen LogP contribution in [0.2, 0.25) is 0 Å². The molecule has 2 heterocycles. The van der Waals surface area contributed by atoms with E-state index in [1.165, 1.54) is 0 Å². The molecule has 53 heavy (non-hydrogen) atoms. The maximum Gasteiger partial charge on any atom is 0.116 e. The van der Waals surface area contributed by atoms with Crippen LogP contribution in [-0.4, -0.2) is 30.4 Å². The van der Waals surface area contributed by atoms with Crippen molar-refractivity contribution in [3.05, 3.63) is 192 Å². The smallest absolute Gasteiger partial charge is 0.116 e. The Balaban J connectivity index is 0.000000219. The minimum Gasteiger partial charge on any atom is -0.508 e. The summed E-state index contributed by atoms with van der Waals surface area (Å²) in [6.07, 6.45) is 10.1. The van der Waals surface area contributed by atoms with Crippen LogP contribution in [0.4, 0.5) is 0 Å². The van der Waals surface area contributed by atoms with Gasteiger partial charge in [-0.2, -0.15) is 0 Å². The monoisotopic (exact) mass is 727 g/mol. The van der Waals surface area contributed by atoms with Crippen LogP contribution in [0.1, 0.15) is 22.3 Å². The molecule has 6 aromatic rings. The summed E-state index contributed by atoms with van der Waals surface area (Å²) in [5, 5.41) is 37.1. The molecule has 0 atom stereocenters. The molecule has 6 rings (SSSR count). The van der Waals surface area contributed by atoms with E-state index in [-0.39, 0.29) is 41.6 Å². The van der Waals surface area contributed by atoms with Gasteiger partial charge in [-0.15, -0.1) is 0 Å². The Morgan fingerprint density at radius 2 is 0.642 bits per heavy atom. The van der Waals surface area contributed by atoms with Crippen molar-refractivity contribution in [2.45, 2.75) is 0 Å². The van der Waals surface area contributed by atoms with E-state index in [2.05, 4.69) is 57.3 Å². The number of rotatable bonds is 1. The van der Waals surface area contributed by atoms with E-state index in [1.807, 2.05) is 60.7 Å². The summed E-state index contributed by atoms with van der Waals surface area (Å²) >= 11 is 0. The molecule has 0 aliphatic carbocycles. The third-order valence-corrected chi connectivity index (χ3v) is 6.34. The summed E-state index contributed by atoms with van der Waals surface area (Å²) < 4.78 is 0. The van der Waals surface area contributed by atoms with Crippen LogP contribution >= 0.6 is 0 Å². The minimum atomic E-state index is 0. The zero-order chi connectivity index (χ0) is 36.6. The number of benzene rings is 4. The maximum atomic E-state index is 9.27. The molecule has 6 nitrogen and oxygen atoms in total. The average Bonchev–Trinajstić information content (AvgIpc) is 3.16. The van der Waals surface area contributed by atoms with Gasteiger partial charge in [-0.25, -0.2) is 0 Å². The van der Waals surface area contributed by atoms with Gasteiger partial charge in [-0.1, -0.05) is 83.8 Å². The molecule has 0 bridgehead atoms. The molecule has 255 valence electrons. The molecule has 0 fully saturated rings. The van der Waals surface area contributed by atoms with Crippen LogP contribution in [0.3, 0.4) is 0 Å². The standard InChI is InChI=1S/2C18H12O2.C10H8N2.V/c2*19-17-11-5-9-15(13-17)7-3-1-2-4-8-16-10-6-12-18(20)14-16;1-3-7-11-9(5-1)10-6-2-4-8-12-10;/h2*1-2,5-6,9-14,19-20H;1-8H;/b2*2-1-;;. The largest absolute Gasteiger partial charge is 0.508 e. The molecule has 7 heteroatoms. The molecule has 0 saturated carbocycles. The molecule has 0 aliphatic rings. The van der Waals surface area contributed by atoms with Crippen molar-refractivity contribution in [1.29, 1.82) is 0 Å². The van der Waals surface area contributed by atoms with Gasteiger partial charge in [0.25, 0.3) is 0 Å². The molecule has 2 aromatic heterocycles. The van der Waals surface area contributed by atoms with Crippen molar-refractivity contribution in [1.82, 2.24) is 9.97 Å². The van der Waals surface area contributed by atoms with Crippen molar-refractivity contribution in [2.75, 3.05) is 0 Å². The second-order valence-electron chi connectivity index (χ2n) is 10.4. The number of allylic oxidation sites excluding steroid dienone is 4. The van der Waals surface area contributed by atoms with E-state index in [4.69, 9.17) is 0 Å². The predicted molar refractivity (Wildman–Crippen MR) is 206 cm³/mol. The van der Waals surface area contributed by atoms with E-state index in [0.29, 0.717) is 0 Å². The van der Waals surface area contributed by atoms with Crippen molar-refractivity contribution in [3.63, 3.8) is 0 Å². The van der Waals surface area contributed by atoms with Crippen LogP contribution in [-0.2, 0) is 18.6 Å². The summed E-state index contributed by atoms with van der Waals surface area (Å²) in [5.74, 6) is 23.7. The number of pyridine rings is 2. The molecular weight excluding hydrogens is 695 g/mol. The summed E-state index contributed by atoms with van der Waals surface area (Å²) in [5.41, 5.74) is 4.81. The van der Waals surface area contributed by atoms with Crippen LogP contribution in [0, 0.1) is 47.4 Å². The van der Waals surface area contributed by atoms with E-state index in [9.17, 15) is 20.4 Å². The van der Waals surface area contributed by atoms with Crippen molar-refractivity contribution in [3.8, 4) is 81.7 Å². The molecule has 4 N–H and O–H groups in total. The Kier molecular flexibility index (Phi) is 17.5. The number of nitrogens with zero attached hydrogens (tertiary/aromatic N) is 2. The van der Waals surface area contributed by atoms with Gasteiger partial charge in [-0.3, -0.25) is 9.97 Å². The molecule has 0 amide bonds. The van der Waals surface area contributed by atoms with Crippen LogP contribution in [0.15, 0.2) is 170 Å². The van der Waals surface area contributed by atoms with Crippen molar-refractivity contribution >= 4 is 0 Å². The van der Waals surface area contributed by atoms with E-state index in [0.717, 1.165) is 33.6 Å². The Bertz CT molecular complexity index is 2080. The van der Waals surface area contributed by atoms with Crippen molar-refractivity contribution < 1.29 is 39.0 Å². The van der Waals surface area contributed by atoms with Gasteiger partial charge in [0.15, 0.2) is 0 Å². The van der Waals surface area contributed by atoms with Gasteiger partial charge in [0.05, 0.1) is 11.4 Å². The molecule has 1 radical (unpaired) electrons. The SMILES string of the molecule is Oc1cccc(C#C/C=C\C#Cc2cccc(O)c2)c1.Oc1cccc(C#C/C=C\C#Cc2cccc(O)c2)c1.[V].c1ccc(-c2ccccn2)nc1. The first-order valence-electron chi connectivity index (χ1n) is 15.8. The van der Waals surface area contributed by atoms with Gasteiger partial charge < -0.3 is 20.4 Å². The van der Waals surface area contributed by atoms with Gasteiger partial charge >= 0.3 is 0 Å². The Labute approximate surface area is 321 Å². The fourth-order valence-electron chi connectivity index (χ4n) is 4.03. The normalized spacial score (nSPS) is 9.28. The van der Waals surface area contributed by atoms with Gasteiger partial charge in [0, 0.05) is 53.2 Å². The molecule has 0 saturated heterocycles. The third kappa shape index (κ3) is 16.3. The van der Waals surface area contributed by atoms with E-state index >= 15 is 0 Å². The summed E-state index contributed by atoms with van der Waals surface area (Å²) in [6, 6.07) is 38.6. The maximum absolute atomic E-state index is 9.27. The van der Waals surface area contributed by atoms with Gasteiger partial charge in [0.1, 0.15) is 23.0 Å². The number of aromatic hydroxyl groups is 4.